The highest BCUT2D eigenvalue weighted by atomic mass is 16.6. The Labute approximate surface area is 76.8 Å². The van der Waals surface area contributed by atoms with Crippen LogP contribution >= 0.6 is 0 Å². The SMILES string of the molecule is CC(=O)OC[C@H]1C[C@H](O)[C@H]2O[C@@]12C. The largest absolute Gasteiger partial charge is 0.465 e. The Kier molecular flexibility index (Phi) is 1.85. The number of epoxide rings is 1. The van der Waals surface area contributed by atoms with Gasteiger partial charge in [0.25, 0.3) is 0 Å². The molecule has 74 valence electrons. The minimum absolute atomic E-state index is 0.0342. The first-order valence-electron chi connectivity index (χ1n) is 4.53. The van der Waals surface area contributed by atoms with Crippen molar-refractivity contribution in [2.75, 3.05) is 6.61 Å². The molecule has 0 aromatic heterocycles. The molecule has 0 amide bonds. The predicted octanol–water partition coefficient (Wildman–Crippen LogP) is 0.0878. The van der Waals surface area contributed by atoms with Gasteiger partial charge < -0.3 is 14.6 Å². The minimum atomic E-state index is -0.384. The van der Waals surface area contributed by atoms with Crippen molar-refractivity contribution in [1.29, 1.82) is 0 Å². The summed E-state index contributed by atoms with van der Waals surface area (Å²) in [7, 11) is 0. The third-order valence-corrected chi connectivity index (χ3v) is 3.06. The highest BCUT2D eigenvalue weighted by Crippen LogP contribution is 2.53. The van der Waals surface area contributed by atoms with Crippen LogP contribution in [-0.4, -0.2) is 35.5 Å². The fourth-order valence-electron chi connectivity index (χ4n) is 2.13. The van der Waals surface area contributed by atoms with E-state index in [4.69, 9.17) is 9.47 Å². The van der Waals surface area contributed by atoms with Crippen LogP contribution in [-0.2, 0) is 14.3 Å². The summed E-state index contributed by atoms with van der Waals surface area (Å²) >= 11 is 0. The third-order valence-electron chi connectivity index (χ3n) is 3.06. The molecule has 0 spiro atoms. The zero-order chi connectivity index (χ0) is 9.64. The highest BCUT2D eigenvalue weighted by Gasteiger charge is 2.66. The number of aliphatic hydroxyl groups is 1. The van der Waals surface area contributed by atoms with Gasteiger partial charge in [0.2, 0.25) is 0 Å². The van der Waals surface area contributed by atoms with Crippen LogP contribution < -0.4 is 0 Å². The van der Waals surface area contributed by atoms with E-state index in [9.17, 15) is 9.90 Å². The summed E-state index contributed by atoms with van der Waals surface area (Å²) in [4.78, 5) is 10.6. The number of carbonyl (C=O) groups excluding carboxylic acids is 1. The van der Waals surface area contributed by atoms with Crippen molar-refractivity contribution >= 4 is 5.97 Å². The maximum atomic E-state index is 10.6. The molecular weight excluding hydrogens is 172 g/mol. The second-order valence-electron chi connectivity index (χ2n) is 4.02. The lowest BCUT2D eigenvalue weighted by Crippen LogP contribution is -2.23. The van der Waals surface area contributed by atoms with Crippen molar-refractivity contribution in [1.82, 2.24) is 0 Å². The maximum Gasteiger partial charge on any atom is 0.302 e. The summed E-state index contributed by atoms with van der Waals surface area (Å²) in [5.74, 6) is -0.126. The summed E-state index contributed by atoms with van der Waals surface area (Å²) < 4.78 is 10.3. The van der Waals surface area contributed by atoms with Crippen LogP contribution in [0.25, 0.3) is 0 Å². The molecule has 0 bridgehead atoms. The normalized spacial score (nSPS) is 47.2. The van der Waals surface area contributed by atoms with Gasteiger partial charge in [-0.3, -0.25) is 4.79 Å². The van der Waals surface area contributed by atoms with E-state index in [1.165, 1.54) is 6.92 Å². The van der Waals surface area contributed by atoms with Gasteiger partial charge >= 0.3 is 5.97 Å². The standard InChI is InChI=1S/C9H14O4/c1-5(10)12-4-6-3-7(11)8-9(6,2)13-8/h6-8,11H,3-4H2,1-2H3/t6-,7+,8-,9+/m1/s1. The minimum Gasteiger partial charge on any atom is -0.465 e. The molecule has 1 saturated heterocycles. The van der Waals surface area contributed by atoms with Gasteiger partial charge in [-0.2, -0.15) is 0 Å². The Morgan fingerprint density at radius 1 is 1.77 bits per heavy atom. The Morgan fingerprint density at radius 2 is 2.46 bits per heavy atom. The van der Waals surface area contributed by atoms with Crippen LogP contribution in [0.5, 0.6) is 0 Å². The van der Waals surface area contributed by atoms with Gasteiger partial charge in [-0.25, -0.2) is 0 Å². The summed E-state index contributed by atoms with van der Waals surface area (Å²) in [5, 5.41) is 9.47. The Hall–Kier alpha value is -0.610. The number of ether oxygens (including phenoxy) is 2. The molecular formula is C9H14O4. The zero-order valence-corrected chi connectivity index (χ0v) is 7.82. The molecule has 4 heteroatoms. The molecule has 1 heterocycles. The van der Waals surface area contributed by atoms with Gasteiger partial charge in [0.05, 0.1) is 12.7 Å². The van der Waals surface area contributed by atoms with Crippen LogP contribution in [0.1, 0.15) is 20.3 Å². The third kappa shape index (κ3) is 1.34. The molecule has 0 unspecified atom stereocenters. The summed E-state index contributed by atoms with van der Waals surface area (Å²) in [6.07, 6.45) is 0.257. The molecule has 2 fully saturated rings. The first-order chi connectivity index (χ1) is 6.04. The van der Waals surface area contributed by atoms with E-state index in [-0.39, 0.29) is 29.7 Å². The molecule has 0 aromatic rings. The average Bonchev–Trinajstić information content (AvgIpc) is 2.66. The Balaban J connectivity index is 1.91. The summed E-state index contributed by atoms with van der Waals surface area (Å²) in [6, 6.07) is 0. The fraction of sp³-hybridized carbons (Fsp3) is 0.889. The lowest BCUT2D eigenvalue weighted by Gasteiger charge is -2.16. The maximum absolute atomic E-state index is 10.6. The van der Waals surface area contributed by atoms with Crippen LogP contribution in [0.15, 0.2) is 0 Å². The van der Waals surface area contributed by atoms with Gasteiger partial charge in [-0.05, 0) is 13.3 Å². The van der Waals surface area contributed by atoms with Gasteiger partial charge in [-0.1, -0.05) is 0 Å². The molecule has 1 saturated carbocycles. The molecule has 4 atom stereocenters. The molecule has 1 N–H and O–H groups in total. The molecule has 2 rings (SSSR count). The quantitative estimate of drug-likeness (QED) is 0.490. The number of carbonyl (C=O) groups is 1. The van der Waals surface area contributed by atoms with Crippen molar-refractivity contribution in [2.45, 2.75) is 38.1 Å². The smallest absolute Gasteiger partial charge is 0.302 e. The van der Waals surface area contributed by atoms with Crippen LogP contribution in [0.3, 0.4) is 0 Å². The highest BCUT2D eigenvalue weighted by molar-refractivity contribution is 5.65. The van der Waals surface area contributed by atoms with E-state index in [2.05, 4.69) is 0 Å². The summed E-state index contributed by atoms with van der Waals surface area (Å²) in [6.45, 7) is 3.71. The lowest BCUT2D eigenvalue weighted by atomic mass is 9.98. The van der Waals surface area contributed by atoms with Crippen LogP contribution in [0.4, 0.5) is 0 Å². The number of hydrogen-bond donors (Lipinski definition) is 1. The number of fused-ring (bicyclic) bond motifs is 1. The van der Waals surface area contributed by atoms with Gasteiger partial charge in [0.15, 0.2) is 0 Å². The molecule has 2 aliphatic rings. The van der Waals surface area contributed by atoms with Gasteiger partial charge in [0.1, 0.15) is 11.7 Å². The average molecular weight is 186 g/mol. The van der Waals surface area contributed by atoms with Gasteiger partial charge in [0, 0.05) is 12.8 Å². The molecule has 0 aromatic carbocycles. The van der Waals surface area contributed by atoms with E-state index >= 15 is 0 Å². The monoisotopic (exact) mass is 186 g/mol. The Bertz CT molecular complexity index is 240. The second-order valence-corrected chi connectivity index (χ2v) is 4.02. The van der Waals surface area contributed by atoms with Crippen molar-refractivity contribution in [3.63, 3.8) is 0 Å². The Morgan fingerprint density at radius 3 is 2.85 bits per heavy atom. The van der Waals surface area contributed by atoms with Gasteiger partial charge in [-0.15, -0.1) is 0 Å². The van der Waals surface area contributed by atoms with Crippen molar-refractivity contribution in [2.24, 2.45) is 5.92 Å². The van der Waals surface area contributed by atoms with E-state index in [0.717, 1.165) is 0 Å². The summed E-state index contributed by atoms with van der Waals surface area (Å²) in [5.41, 5.74) is -0.241. The van der Waals surface area contributed by atoms with Crippen molar-refractivity contribution in [3.8, 4) is 0 Å². The number of hydrogen-bond acceptors (Lipinski definition) is 4. The molecule has 1 aliphatic carbocycles. The van der Waals surface area contributed by atoms with Crippen molar-refractivity contribution < 1.29 is 19.4 Å². The van der Waals surface area contributed by atoms with E-state index in [1.807, 2.05) is 6.92 Å². The van der Waals surface area contributed by atoms with E-state index < -0.39 is 0 Å². The first kappa shape index (κ1) is 8.97. The number of rotatable bonds is 2. The van der Waals surface area contributed by atoms with E-state index in [1.54, 1.807) is 0 Å². The number of esters is 1. The first-order valence-corrected chi connectivity index (χ1v) is 4.53. The predicted molar refractivity (Wildman–Crippen MR) is 44.0 cm³/mol. The molecule has 1 aliphatic heterocycles. The van der Waals surface area contributed by atoms with E-state index in [0.29, 0.717) is 13.0 Å². The fourth-order valence-corrected chi connectivity index (χ4v) is 2.13. The molecule has 4 nitrogen and oxygen atoms in total. The molecule has 0 radical (unpaired) electrons. The van der Waals surface area contributed by atoms with Crippen LogP contribution in [0.2, 0.25) is 0 Å². The van der Waals surface area contributed by atoms with Crippen LogP contribution in [0, 0.1) is 5.92 Å². The second kappa shape index (κ2) is 2.69. The topological polar surface area (TPSA) is 59.1 Å². The lowest BCUT2D eigenvalue weighted by molar-refractivity contribution is -0.143. The molecule has 13 heavy (non-hydrogen) atoms. The zero-order valence-electron chi connectivity index (χ0n) is 7.82. The number of aliphatic hydroxyl groups excluding tert-OH is 1. The van der Waals surface area contributed by atoms with Crippen molar-refractivity contribution in [3.05, 3.63) is 0 Å².